The fourth-order valence-electron chi connectivity index (χ4n) is 1.34. The van der Waals surface area contributed by atoms with E-state index >= 15 is 0 Å². The summed E-state index contributed by atoms with van der Waals surface area (Å²) in [6.45, 7) is 0.660. The molecule has 16 heavy (non-hydrogen) atoms. The number of carbonyl (C=O) groups excluding carboxylic acids is 1. The molecule has 5 heteroatoms. The van der Waals surface area contributed by atoms with Gasteiger partial charge in [-0.15, -0.1) is 0 Å². The van der Waals surface area contributed by atoms with Gasteiger partial charge in [-0.05, 0) is 12.5 Å². The van der Waals surface area contributed by atoms with E-state index in [1.54, 1.807) is 42.0 Å². The van der Waals surface area contributed by atoms with Gasteiger partial charge in [0, 0.05) is 39.5 Å². The Morgan fingerprint density at radius 3 is 2.62 bits per heavy atom. The first-order valence-corrected chi connectivity index (χ1v) is 5.10. The molecule has 0 unspecified atom stereocenters. The number of carbonyl (C=O) groups is 2. The van der Waals surface area contributed by atoms with Gasteiger partial charge in [0.1, 0.15) is 0 Å². The van der Waals surface area contributed by atoms with Crippen molar-refractivity contribution < 1.29 is 14.7 Å². The quantitative estimate of drug-likeness (QED) is 0.813. The lowest BCUT2D eigenvalue weighted by molar-refractivity contribution is -0.128. The summed E-state index contributed by atoms with van der Waals surface area (Å²) >= 11 is 0. The molecule has 0 aliphatic rings. The summed E-state index contributed by atoms with van der Waals surface area (Å²) in [4.78, 5) is 23.4. The van der Waals surface area contributed by atoms with Gasteiger partial charge in [-0.25, -0.2) is 4.79 Å². The highest BCUT2D eigenvalue weighted by molar-refractivity contribution is 5.87. The van der Waals surface area contributed by atoms with E-state index in [0.717, 1.165) is 0 Å². The molecule has 0 aliphatic carbocycles. The zero-order valence-electron chi connectivity index (χ0n) is 9.51. The van der Waals surface area contributed by atoms with Crippen molar-refractivity contribution in [3.63, 3.8) is 0 Å². The van der Waals surface area contributed by atoms with Gasteiger partial charge in [0.05, 0.1) is 5.56 Å². The van der Waals surface area contributed by atoms with Crippen LogP contribution in [-0.2, 0) is 11.3 Å². The molecule has 0 saturated heterocycles. The van der Waals surface area contributed by atoms with Crippen molar-refractivity contribution in [1.82, 2.24) is 9.47 Å². The van der Waals surface area contributed by atoms with Crippen LogP contribution in [0.25, 0.3) is 0 Å². The highest BCUT2D eigenvalue weighted by Crippen LogP contribution is 2.04. The van der Waals surface area contributed by atoms with E-state index in [1.165, 1.54) is 0 Å². The Balaban J connectivity index is 2.37. The number of amides is 1. The van der Waals surface area contributed by atoms with E-state index in [-0.39, 0.29) is 11.5 Å². The summed E-state index contributed by atoms with van der Waals surface area (Å²) in [5.41, 5.74) is 0.277. The SMILES string of the molecule is CN(C)C(=O)CCCn1ccc(C(=O)O)c1. The minimum atomic E-state index is -0.928. The predicted molar refractivity (Wildman–Crippen MR) is 59.3 cm³/mol. The molecule has 0 spiro atoms. The van der Waals surface area contributed by atoms with Gasteiger partial charge in [0.15, 0.2) is 0 Å². The summed E-state index contributed by atoms with van der Waals surface area (Å²) < 4.78 is 1.78. The molecule has 1 heterocycles. The third kappa shape index (κ3) is 3.42. The molecule has 0 aromatic carbocycles. The average Bonchev–Trinajstić information content (AvgIpc) is 2.66. The van der Waals surface area contributed by atoms with Gasteiger partial charge >= 0.3 is 5.97 Å². The molecule has 0 bridgehead atoms. The zero-order valence-corrected chi connectivity index (χ0v) is 9.51. The van der Waals surface area contributed by atoms with Crippen molar-refractivity contribution in [1.29, 1.82) is 0 Å². The van der Waals surface area contributed by atoms with Crippen LogP contribution in [0.2, 0.25) is 0 Å². The largest absolute Gasteiger partial charge is 0.478 e. The Kier molecular flexibility index (Phi) is 4.10. The second-order valence-corrected chi connectivity index (χ2v) is 3.83. The summed E-state index contributed by atoms with van der Waals surface area (Å²) in [6.07, 6.45) is 4.48. The molecule has 5 nitrogen and oxygen atoms in total. The van der Waals surface area contributed by atoms with E-state index < -0.39 is 5.97 Å². The van der Waals surface area contributed by atoms with Gasteiger partial charge in [-0.1, -0.05) is 0 Å². The standard InChI is InChI=1S/C11H16N2O3/c1-12(2)10(14)4-3-6-13-7-5-9(8-13)11(15)16/h5,7-8H,3-4,6H2,1-2H3,(H,15,16). The first kappa shape index (κ1) is 12.3. The molecule has 0 aliphatic heterocycles. The maximum absolute atomic E-state index is 11.3. The van der Waals surface area contributed by atoms with Gasteiger partial charge in [-0.3, -0.25) is 4.79 Å². The highest BCUT2D eigenvalue weighted by atomic mass is 16.4. The Hall–Kier alpha value is -1.78. The van der Waals surface area contributed by atoms with Crippen LogP contribution in [0.4, 0.5) is 0 Å². The van der Waals surface area contributed by atoms with Crippen LogP contribution in [0.1, 0.15) is 23.2 Å². The third-order valence-electron chi connectivity index (χ3n) is 2.30. The fraction of sp³-hybridized carbons (Fsp3) is 0.455. The summed E-state index contributed by atoms with van der Waals surface area (Å²) in [5.74, 6) is -0.839. The van der Waals surface area contributed by atoms with Crippen LogP contribution in [0.5, 0.6) is 0 Å². The van der Waals surface area contributed by atoms with Crippen molar-refractivity contribution in [2.45, 2.75) is 19.4 Å². The first-order valence-electron chi connectivity index (χ1n) is 5.10. The monoisotopic (exact) mass is 224 g/mol. The average molecular weight is 224 g/mol. The number of aromatic nitrogens is 1. The predicted octanol–water partition coefficient (Wildman–Crippen LogP) is 1.05. The van der Waals surface area contributed by atoms with Crippen LogP contribution < -0.4 is 0 Å². The topological polar surface area (TPSA) is 62.5 Å². The van der Waals surface area contributed by atoms with Crippen molar-refractivity contribution in [3.8, 4) is 0 Å². The molecular formula is C11H16N2O3. The van der Waals surface area contributed by atoms with Crippen molar-refractivity contribution in [3.05, 3.63) is 24.0 Å². The number of aryl methyl sites for hydroxylation is 1. The van der Waals surface area contributed by atoms with Crippen molar-refractivity contribution in [2.75, 3.05) is 14.1 Å². The third-order valence-corrected chi connectivity index (χ3v) is 2.30. The molecule has 0 atom stereocenters. The van der Waals surface area contributed by atoms with Crippen LogP contribution >= 0.6 is 0 Å². The zero-order chi connectivity index (χ0) is 12.1. The number of carboxylic acid groups (broad SMARTS) is 1. The number of hydrogen-bond donors (Lipinski definition) is 1. The van der Waals surface area contributed by atoms with E-state index in [1.807, 2.05) is 0 Å². The summed E-state index contributed by atoms with van der Waals surface area (Å²) in [7, 11) is 3.45. The fourth-order valence-corrected chi connectivity index (χ4v) is 1.34. The molecule has 0 radical (unpaired) electrons. The van der Waals surface area contributed by atoms with Crippen LogP contribution in [0.15, 0.2) is 18.5 Å². The lowest BCUT2D eigenvalue weighted by Gasteiger charge is -2.09. The molecule has 0 fully saturated rings. The maximum atomic E-state index is 11.3. The minimum absolute atomic E-state index is 0.0885. The van der Waals surface area contributed by atoms with Crippen LogP contribution in [0.3, 0.4) is 0 Å². The second-order valence-electron chi connectivity index (χ2n) is 3.83. The van der Waals surface area contributed by atoms with Gasteiger partial charge < -0.3 is 14.6 Å². The van der Waals surface area contributed by atoms with Gasteiger partial charge in [0.25, 0.3) is 0 Å². The summed E-state index contributed by atoms with van der Waals surface area (Å²) in [5, 5.41) is 8.71. The Morgan fingerprint density at radius 2 is 2.12 bits per heavy atom. The van der Waals surface area contributed by atoms with E-state index in [0.29, 0.717) is 19.4 Å². The molecule has 88 valence electrons. The molecule has 1 aromatic rings. The Morgan fingerprint density at radius 1 is 1.44 bits per heavy atom. The van der Waals surface area contributed by atoms with Crippen molar-refractivity contribution in [2.24, 2.45) is 0 Å². The number of rotatable bonds is 5. The normalized spacial score (nSPS) is 10.1. The molecule has 1 rings (SSSR count). The number of hydrogen-bond acceptors (Lipinski definition) is 2. The molecule has 1 amide bonds. The van der Waals surface area contributed by atoms with Gasteiger partial charge in [0.2, 0.25) is 5.91 Å². The summed E-state index contributed by atoms with van der Waals surface area (Å²) in [6, 6.07) is 1.55. The molecular weight excluding hydrogens is 208 g/mol. The minimum Gasteiger partial charge on any atom is -0.478 e. The molecule has 1 aromatic heterocycles. The Bertz CT molecular complexity index is 382. The van der Waals surface area contributed by atoms with Crippen molar-refractivity contribution >= 4 is 11.9 Å². The van der Waals surface area contributed by atoms with E-state index in [2.05, 4.69) is 0 Å². The van der Waals surface area contributed by atoms with Crippen LogP contribution in [-0.4, -0.2) is 40.5 Å². The second kappa shape index (κ2) is 5.34. The lowest BCUT2D eigenvalue weighted by atomic mass is 10.3. The highest BCUT2D eigenvalue weighted by Gasteiger charge is 2.06. The first-order chi connectivity index (χ1) is 7.50. The number of aromatic carboxylic acids is 1. The number of nitrogens with zero attached hydrogens (tertiary/aromatic N) is 2. The Labute approximate surface area is 94.3 Å². The maximum Gasteiger partial charge on any atom is 0.337 e. The van der Waals surface area contributed by atoms with Crippen LogP contribution in [0, 0.1) is 0 Å². The van der Waals surface area contributed by atoms with E-state index in [4.69, 9.17) is 5.11 Å². The smallest absolute Gasteiger partial charge is 0.337 e. The van der Waals surface area contributed by atoms with Gasteiger partial charge in [-0.2, -0.15) is 0 Å². The number of carboxylic acids is 1. The van der Waals surface area contributed by atoms with E-state index in [9.17, 15) is 9.59 Å². The lowest BCUT2D eigenvalue weighted by Crippen LogP contribution is -2.21. The molecule has 0 saturated carbocycles. The molecule has 1 N–H and O–H groups in total.